The van der Waals surface area contributed by atoms with Crippen LogP contribution >= 0.6 is 0 Å². The van der Waals surface area contributed by atoms with E-state index in [1.165, 1.54) is 0 Å². The number of hydrogen-bond donors (Lipinski definition) is 2. The lowest BCUT2D eigenvalue weighted by molar-refractivity contribution is -0.174. The van der Waals surface area contributed by atoms with Crippen LogP contribution in [-0.2, 0) is 45.4 Å². The number of carbonyl (C=O) groups is 4. The molecule has 1 saturated carbocycles. The van der Waals surface area contributed by atoms with Crippen molar-refractivity contribution in [2.45, 2.75) is 39.0 Å². The maximum absolute atomic E-state index is 15.1. The summed E-state index contributed by atoms with van der Waals surface area (Å²) in [5, 5.41) is 20.2. The average Bonchev–Trinajstić information content (AvgIpc) is 3.26. The molecule has 0 unspecified atom stereocenters. The van der Waals surface area contributed by atoms with Crippen molar-refractivity contribution in [1.29, 1.82) is 0 Å². The second-order valence-corrected chi connectivity index (χ2v) is 15.1. The van der Waals surface area contributed by atoms with E-state index in [0.29, 0.717) is 23.0 Å². The lowest BCUT2D eigenvalue weighted by atomic mass is 9.53. The molecule has 1 aliphatic carbocycles. The molecule has 0 radical (unpaired) electrons. The fourth-order valence-corrected chi connectivity index (χ4v) is 8.02. The number of para-hydroxylation sites is 2. The van der Waals surface area contributed by atoms with Gasteiger partial charge in [-0.15, -0.1) is 0 Å². The highest BCUT2D eigenvalue weighted by Crippen LogP contribution is 2.52. The summed E-state index contributed by atoms with van der Waals surface area (Å²) in [6.45, 7) is 0.693. The van der Waals surface area contributed by atoms with E-state index < -0.39 is 60.3 Å². The molecule has 0 spiro atoms. The van der Waals surface area contributed by atoms with Crippen LogP contribution in [0.4, 0.5) is 0 Å². The summed E-state index contributed by atoms with van der Waals surface area (Å²) in [5.41, 5.74) is 3.28. The lowest BCUT2D eigenvalue weighted by Gasteiger charge is -2.52. The van der Waals surface area contributed by atoms with Crippen LogP contribution < -0.4 is 9.47 Å². The van der Waals surface area contributed by atoms with Crippen molar-refractivity contribution in [1.82, 2.24) is 9.80 Å². The molecule has 0 aromatic heterocycles. The summed E-state index contributed by atoms with van der Waals surface area (Å²) < 4.78 is 12.0. The van der Waals surface area contributed by atoms with E-state index in [1.54, 1.807) is 9.80 Å². The van der Waals surface area contributed by atoms with Crippen LogP contribution in [0.15, 0.2) is 170 Å². The Bertz CT molecular complexity index is 2170. The number of nitrogens with zero attached hydrogens (tertiary/aromatic N) is 2. The number of carboxylic acid groups (broad SMARTS) is 2. The van der Waals surface area contributed by atoms with Crippen LogP contribution in [0, 0.1) is 23.7 Å². The highest BCUT2D eigenvalue weighted by molar-refractivity contribution is 5.91. The molecule has 0 bridgehead atoms. The highest BCUT2D eigenvalue weighted by Gasteiger charge is 2.59. The molecule has 304 valence electrons. The van der Waals surface area contributed by atoms with Crippen molar-refractivity contribution in [3.63, 3.8) is 0 Å². The van der Waals surface area contributed by atoms with Gasteiger partial charge in [0.15, 0.2) is 0 Å². The number of carboxylic acids is 2. The van der Waals surface area contributed by atoms with Crippen LogP contribution in [0.3, 0.4) is 0 Å². The minimum absolute atomic E-state index is 0.158. The van der Waals surface area contributed by atoms with Gasteiger partial charge in [0.05, 0.1) is 11.8 Å². The quantitative estimate of drug-likeness (QED) is 0.0879. The van der Waals surface area contributed by atoms with Gasteiger partial charge in [0, 0.05) is 39.0 Å². The first-order valence-electron chi connectivity index (χ1n) is 19.9. The molecule has 1 aliphatic rings. The summed E-state index contributed by atoms with van der Waals surface area (Å²) in [6.07, 6.45) is -0.908. The van der Waals surface area contributed by atoms with E-state index in [-0.39, 0.29) is 26.2 Å². The molecule has 0 heterocycles. The molecule has 0 aliphatic heterocycles. The fourth-order valence-electron chi connectivity index (χ4n) is 8.02. The van der Waals surface area contributed by atoms with Crippen molar-refractivity contribution in [2.75, 3.05) is 0 Å². The van der Waals surface area contributed by atoms with Crippen molar-refractivity contribution < 1.29 is 38.9 Å². The fraction of sp³-hybridized carbons (Fsp3) is 0.200. The zero-order valence-corrected chi connectivity index (χ0v) is 33.0. The Balaban J connectivity index is 1.20. The standard InChI is InChI=1S/C50H46N2O8/c53-45(54)29-43-44(30-46(55)56)48(50(58)52(32-36-15-7-2-8-16-36)34-38-23-27-42(28-24-38)60-40-19-11-4-12-20-40)47(43)49(57)51(31-35-13-5-1-6-14-35)33-37-21-25-41(26-22-37)59-39-17-9-3-10-18-39/h1-28,43-44,47-48H,29-34H2,(H,53,54)(H,55,56)/t43-,44-,47-,48-/m0/s1. The van der Waals surface area contributed by atoms with Gasteiger partial charge in [-0.25, -0.2) is 0 Å². The number of aliphatic carboxylic acids is 2. The summed E-state index contributed by atoms with van der Waals surface area (Å²) in [4.78, 5) is 58.2. The molecule has 10 nitrogen and oxygen atoms in total. The van der Waals surface area contributed by atoms with Crippen LogP contribution in [0.2, 0.25) is 0 Å². The van der Waals surface area contributed by atoms with Crippen LogP contribution in [-0.4, -0.2) is 43.8 Å². The van der Waals surface area contributed by atoms with Gasteiger partial charge in [-0.2, -0.15) is 0 Å². The minimum atomic E-state index is -1.17. The first kappa shape index (κ1) is 41.0. The van der Waals surface area contributed by atoms with E-state index in [1.807, 2.05) is 170 Å². The molecule has 2 N–H and O–H groups in total. The van der Waals surface area contributed by atoms with Gasteiger partial charge in [-0.3, -0.25) is 19.2 Å². The molecule has 10 heteroatoms. The molecule has 60 heavy (non-hydrogen) atoms. The molecular weight excluding hydrogens is 757 g/mol. The Morgan fingerprint density at radius 3 is 0.950 bits per heavy atom. The molecule has 6 aromatic rings. The van der Waals surface area contributed by atoms with Gasteiger partial charge in [0.2, 0.25) is 11.8 Å². The average molecular weight is 803 g/mol. The topological polar surface area (TPSA) is 134 Å². The maximum Gasteiger partial charge on any atom is 0.303 e. The largest absolute Gasteiger partial charge is 0.481 e. The minimum Gasteiger partial charge on any atom is -0.481 e. The zero-order chi connectivity index (χ0) is 41.8. The Labute approximate surface area is 349 Å². The third-order valence-electron chi connectivity index (χ3n) is 10.9. The van der Waals surface area contributed by atoms with Crippen molar-refractivity contribution in [2.24, 2.45) is 23.7 Å². The van der Waals surface area contributed by atoms with Gasteiger partial charge in [0.1, 0.15) is 23.0 Å². The number of ether oxygens (including phenoxy) is 2. The van der Waals surface area contributed by atoms with Crippen LogP contribution in [0.25, 0.3) is 0 Å². The van der Waals surface area contributed by atoms with Crippen molar-refractivity contribution in [3.8, 4) is 23.0 Å². The number of amides is 2. The molecular formula is C50H46N2O8. The first-order valence-corrected chi connectivity index (χ1v) is 19.9. The molecule has 2 amide bonds. The van der Waals surface area contributed by atoms with E-state index in [2.05, 4.69) is 0 Å². The smallest absolute Gasteiger partial charge is 0.303 e. The maximum atomic E-state index is 15.1. The molecule has 0 saturated heterocycles. The van der Waals surface area contributed by atoms with E-state index in [4.69, 9.17) is 9.47 Å². The summed E-state index contributed by atoms with van der Waals surface area (Å²) in [7, 11) is 0. The molecule has 4 atom stereocenters. The number of benzene rings is 6. The zero-order valence-electron chi connectivity index (χ0n) is 33.0. The van der Waals surface area contributed by atoms with Gasteiger partial charge in [-0.05, 0) is 82.6 Å². The Kier molecular flexibility index (Phi) is 13.3. The van der Waals surface area contributed by atoms with Crippen molar-refractivity contribution in [3.05, 3.63) is 192 Å². The van der Waals surface area contributed by atoms with Crippen LogP contribution in [0.5, 0.6) is 23.0 Å². The van der Waals surface area contributed by atoms with E-state index in [0.717, 1.165) is 22.3 Å². The van der Waals surface area contributed by atoms with Gasteiger partial charge < -0.3 is 29.5 Å². The number of rotatable bonds is 18. The second-order valence-electron chi connectivity index (χ2n) is 15.1. The van der Waals surface area contributed by atoms with Gasteiger partial charge in [0.25, 0.3) is 0 Å². The van der Waals surface area contributed by atoms with Crippen LogP contribution in [0.1, 0.15) is 35.1 Å². The van der Waals surface area contributed by atoms with E-state index >= 15 is 9.59 Å². The number of hydrogen-bond acceptors (Lipinski definition) is 6. The SMILES string of the molecule is O=C(O)C[C@H]1[C@H](CC(=O)O)[C@H](C(=O)N(Cc2ccccc2)Cc2ccc(Oc3ccccc3)cc2)[C@H]1C(=O)N(Cc1ccccc1)Cc1ccc(Oc2ccccc2)cc1. The van der Waals surface area contributed by atoms with E-state index in [9.17, 15) is 19.8 Å². The number of carbonyl (C=O) groups excluding carboxylic acids is 2. The summed E-state index contributed by atoms with van der Waals surface area (Å²) >= 11 is 0. The molecule has 6 aromatic carbocycles. The van der Waals surface area contributed by atoms with Crippen molar-refractivity contribution >= 4 is 23.8 Å². The Morgan fingerprint density at radius 1 is 0.383 bits per heavy atom. The first-order chi connectivity index (χ1) is 29.2. The second kappa shape index (κ2) is 19.5. The predicted molar refractivity (Wildman–Crippen MR) is 226 cm³/mol. The van der Waals surface area contributed by atoms with Gasteiger partial charge in [-0.1, -0.05) is 121 Å². The normalized spacial score (nSPS) is 16.8. The molecule has 7 rings (SSSR count). The molecule has 1 fully saturated rings. The Hall–Kier alpha value is -7.20. The monoisotopic (exact) mass is 802 g/mol. The predicted octanol–water partition coefficient (Wildman–Crippen LogP) is 9.46. The Morgan fingerprint density at radius 2 is 0.650 bits per heavy atom. The van der Waals surface area contributed by atoms with Gasteiger partial charge >= 0.3 is 11.9 Å². The summed E-state index contributed by atoms with van der Waals surface area (Å²) in [5.74, 6) is -4.47. The highest BCUT2D eigenvalue weighted by atomic mass is 16.5. The summed E-state index contributed by atoms with van der Waals surface area (Å²) in [6, 6.07) is 52.4. The third kappa shape index (κ3) is 10.6. The lowest BCUT2D eigenvalue weighted by Crippen LogP contribution is -2.60. The third-order valence-corrected chi connectivity index (χ3v) is 10.9.